The second-order valence-electron chi connectivity index (χ2n) is 5.27. The molecule has 0 aromatic heterocycles. The van der Waals surface area contributed by atoms with Crippen LogP contribution in [-0.4, -0.2) is 16.9 Å². The van der Waals surface area contributed by atoms with Gasteiger partial charge in [-0.05, 0) is 50.1 Å². The summed E-state index contributed by atoms with van der Waals surface area (Å²) in [6.45, 7) is 7.11. The van der Waals surface area contributed by atoms with Gasteiger partial charge >= 0.3 is 6.09 Å². The predicted octanol–water partition coefficient (Wildman–Crippen LogP) is 3.90. The van der Waals surface area contributed by atoms with Gasteiger partial charge in [-0.1, -0.05) is 19.1 Å². The number of carbonyl (C=O) groups excluding carboxylic acids is 2. The van der Waals surface area contributed by atoms with Crippen LogP contribution in [0.4, 0.5) is 10.5 Å². The smallest absolute Gasteiger partial charge is 0.412 e. The van der Waals surface area contributed by atoms with Gasteiger partial charge in [0.25, 0.3) is 0 Å². The summed E-state index contributed by atoms with van der Waals surface area (Å²) < 4.78 is 5.13. The van der Waals surface area contributed by atoms with E-state index >= 15 is 0 Å². The SMILES string of the molecule is CC(C(=O)Cl)c1ccc(NC(=O)OC(C)(C)C)cc1. The Morgan fingerprint density at radius 3 is 2.16 bits per heavy atom. The van der Waals surface area contributed by atoms with E-state index in [1.165, 1.54) is 0 Å². The molecule has 1 amide bonds. The lowest BCUT2D eigenvalue weighted by molar-refractivity contribution is -0.112. The van der Waals surface area contributed by atoms with Crippen molar-refractivity contribution in [1.82, 2.24) is 0 Å². The fourth-order valence-electron chi connectivity index (χ4n) is 1.41. The molecule has 0 bridgehead atoms. The zero-order valence-electron chi connectivity index (χ0n) is 11.5. The molecule has 4 nitrogen and oxygen atoms in total. The van der Waals surface area contributed by atoms with Crippen molar-refractivity contribution in [3.05, 3.63) is 29.8 Å². The molecule has 19 heavy (non-hydrogen) atoms. The van der Waals surface area contributed by atoms with E-state index < -0.39 is 16.9 Å². The normalized spacial score (nSPS) is 12.7. The zero-order valence-corrected chi connectivity index (χ0v) is 12.2. The first-order chi connectivity index (χ1) is 8.69. The van der Waals surface area contributed by atoms with Gasteiger partial charge in [-0.3, -0.25) is 10.1 Å². The fraction of sp³-hybridized carbons (Fsp3) is 0.429. The summed E-state index contributed by atoms with van der Waals surface area (Å²) >= 11 is 5.43. The molecule has 0 aliphatic carbocycles. The van der Waals surface area contributed by atoms with Crippen molar-refractivity contribution in [2.24, 2.45) is 0 Å². The molecule has 1 aromatic carbocycles. The Bertz CT molecular complexity index is 463. The molecule has 0 heterocycles. The van der Waals surface area contributed by atoms with E-state index in [1.807, 2.05) is 0 Å². The van der Waals surface area contributed by atoms with Crippen LogP contribution in [0.5, 0.6) is 0 Å². The van der Waals surface area contributed by atoms with Gasteiger partial charge in [0.2, 0.25) is 5.24 Å². The summed E-state index contributed by atoms with van der Waals surface area (Å²) in [4.78, 5) is 22.6. The molecule has 0 saturated heterocycles. The van der Waals surface area contributed by atoms with Crippen molar-refractivity contribution in [3.63, 3.8) is 0 Å². The van der Waals surface area contributed by atoms with E-state index in [-0.39, 0.29) is 5.92 Å². The van der Waals surface area contributed by atoms with Gasteiger partial charge in [0, 0.05) is 5.69 Å². The van der Waals surface area contributed by atoms with Crippen LogP contribution in [0.1, 0.15) is 39.2 Å². The molecule has 0 aliphatic rings. The monoisotopic (exact) mass is 283 g/mol. The van der Waals surface area contributed by atoms with Crippen LogP contribution in [0.15, 0.2) is 24.3 Å². The minimum absolute atomic E-state index is 0.364. The van der Waals surface area contributed by atoms with E-state index in [0.717, 1.165) is 5.56 Å². The van der Waals surface area contributed by atoms with Gasteiger partial charge in [0.05, 0.1) is 5.92 Å². The third-order valence-corrected chi connectivity index (χ3v) is 2.72. The summed E-state index contributed by atoms with van der Waals surface area (Å²) in [5.74, 6) is -0.364. The minimum Gasteiger partial charge on any atom is -0.444 e. The molecule has 0 saturated carbocycles. The molecule has 0 fully saturated rings. The molecule has 1 N–H and O–H groups in total. The number of halogens is 1. The minimum atomic E-state index is -0.538. The van der Waals surface area contributed by atoms with E-state index in [0.29, 0.717) is 5.69 Å². The Morgan fingerprint density at radius 1 is 1.21 bits per heavy atom. The first kappa shape index (κ1) is 15.5. The van der Waals surface area contributed by atoms with Gasteiger partial charge in [0.15, 0.2) is 0 Å². The van der Waals surface area contributed by atoms with Crippen LogP contribution in [0.25, 0.3) is 0 Å². The lowest BCUT2D eigenvalue weighted by Gasteiger charge is -2.19. The highest BCUT2D eigenvalue weighted by Crippen LogP contribution is 2.20. The number of anilines is 1. The summed E-state index contributed by atoms with van der Waals surface area (Å²) in [6, 6.07) is 6.90. The highest BCUT2D eigenvalue weighted by atomic mass is 35.5. The summed E-state index contributed by atoms with van der Waals surface area (Å²) in [5, 5.41) is 2.21. The van der Waals surface area contributed by atoms with E-state index in [2.05, 4.69) is 5.32 Å². The Labute approximate surface area is 118 Å². The van der Waals surface area contributed by atoms with Crippen LogP contribution in [0.3, 0.4) is 0 Å². The van der Waals surface area contributed by atoms with E-state index in [4.69, 9.17) is 16.3 Å². The van der Waals surface area contributed by atoms with Gasteiger partial charge in [-0.2, -0.15) is 0 Å². The van der Waals surface area contributed by atoms with E-state index in [9.17, 15) is 9.59 Å². The van der Waals surface area contributed by atoms with Crippen molar-refractivity contribution in [2.45, 2.75) is 39.2 Å². The van der Waals surface area contributed by atoms with E-state index in [1.54, 1.807) is 52.0 Å². The molecule has 104 valence electrons. The average Bonchev–Trinajstić information content (AvgIpc) is 2.26. The maximum absolute atomic E-state index is 11.5. The number of ether oxygens (including phenoxy) is 1. The summed E-state index contributed by atoms with van der Waals surface area (Å²) in [7, 11) is 0. The first-order valence-corrected chi connectivity index (χ1v) is 6.36. The van der Waals surface area contributed by atoms with Gasteiger partial charge in [-0.25, -0.2) is 4.79 Å². The van der Waals surface area contributed by atoms with Crippen molar-refractivity contribution in [1.29, 1.82) is 0 Å². The number of benzene rings is 1. The Kier molecular flexibility index (Phi) is 4.95. The molecule has 0 aliphatic heterocycles. The summed E-state index contributed by atoms with van der Waals surface area (Å²) in [6.07, 6.45) is -0.512. The van der Waals surface area contributed by atoms with Crippen molar-refractivity contribution in [2.75, 3.05) is 5.32 Å². The third kappa shape index (κ3) is 5.30. The second-order valence-corrected chi connectivity index (χ2v) is 5.65. The number of rotatable bonds is 3. The number of nitrogens with one attached hydrogen (secondary N) is 1. The number of carbonyl (C=O) groups is 2. The highest BCUT2D eigenvalue weighted by molar-refractivity contribution is 6.64. The molecule has 1 aromatic rings. The molecular weight excluding hydrogens is 266 g/mol. The third-order valence-electron chi connectivity index (χ3n) is 2.40. The van der Waals surface area contributed by atoms with Crippen molar-refractivity contribution < 1.29 is 14.3 Å². The average molecular weight is 284 g/mol. The number of hydrogen-bond donors (Lipinski definition) is 1. The Balaban J connectivity index is 2.67. The molecule has 5 heteroatoms. The van der Waals surface area contributed by atoms with Gasteiger partial charge in [0.1, 0.15) is 5.60 Å². The highest BCUT2D eigenvalue weighted by Gasteiger charge is 2.16. The van der Waals surface area contributed by atoms with Crippen LogP contribution >= 0.6 is 11.6 Å². The standard InChI is InChI=1S/C14H18ClNO3/c1-9(12(15)17)10-5-7-11(8-6-10)16-13(18)19-14(2,3)4/h5-9H,1-4H3,(H,16,18). The number of hydrogen-bond acceptors (Lipinski definition) is 3. The Hall–Kier alpha value is -1.55. The van der Waals surface area contributed by atoms with Crippen molar-refractivity contribution in [3.8, 4) is 0 Å². The van der Waals surface area contributed by atoms with Crippen LogP contribution < -0.4 is 5.32 Å². The zero-order chi connectivity index (χ0) is 14.6. The summed E-state index contributed by atoms with van der Waals surface area (Å²) in [5.41, 5.74) is 0.866. The topological polar surface area (TPSA) is 55.4 Å². The fourth-order valence-corrected chi connectivity index (χ4v) is 1.53. The molecule has 1 rings (SSSR count). The maximum Gasteiger partial charge on any atom is 0.412 e. The second kappa shape index (κ2) is 6.06. The van der Waals surface area contributed by atoms with Crippen LogP contribution in [0, 0.1) is 0 Å². The molecule has 1 atom stereocenters. The van der Waals surface area contributed by atoms with Gasteiger partial charge in [-0.15, -0.1) is 0 Å². The van der Waals surface area contributed by atoms with Gasteiger partial charge < -0.3 is 4.74 Å². The largest absolute Gasteiger partial charge is 0.444 e. The Morgan fingerprint density at radius 2 is 1.74 bits per heavy atom. The molecule has 0 spiro atoms. The molecular formula is C14H18ClNO3. The van der Waals surface area contributed by atoms with Crippen LogP contribution in [0.2, 0.25) is 0 Å². The molecule has 0 radical (unpaired) electrons. The van der Waals surface area contributed by atoms with Crippen LogP contribution in [-0.2, 0) is 9.53 Å². The number of amides is 1. The maximum atomic E-state index is 11.5. The molecule has 1 unspecified atom stereocenters. The quantitative estimate of drug-likeness (QED) is 0.856. The lowest BCUT2D eigenvalue weighted by Crippen LogP contribution is -2.27. The first-order valence-electron chi connectivity index (χ1n) is 5.98. The van der Waals surface area contributed by atoms with Crippen molar-refractivity contribution >= 4 is 28.6 Å². The lowest BCUT2D eigenvalue weighted by atomic mass is 10.0. The predicted molar refractivity (Wildman–Crippen MR) is 75.6 cm³/mol.